The molecule has 0 saturated heterocycles. The van der Waals surface area contributed by atoms with Crippen LogP contribution in [0.15, 0.2) is 65.8 Å². The summed E-state index contributed by atoms with van der Waals surface area (Å²) in [5.41, 5.74) is 10.3. The number of nitrogens with two attached hydrogens (primary N) is 1. The van der Waals surface area contributed by atoms with E-state index in [-0.39, 0.29) is 5.25 Å². The van der Waals surface area contributed by atoms with Gasteiger partial charge in [0.05, 0.1) is 10.6 Å². The summed E-state index contributed by atoms with van der Waals surface area (Å²) in [5.74, 6) is 0.631. The van der Waals surface area contributed by atoms with Gasteiger partial charge in [0.25, 0.3) is 0 Å². The Morgan fingerprint density at radius 2 is 1.50 bits per heavy atom. The Labute approximate surface area is 173 Å². The number of fused-ring (bicyclic) bond motifs is 3. The Morgan fingerprint density at radius 1 is 0.857 bits per heavy atom. The third kappa shape index (κ3) is 3.29. The fourth-order valence-corrected chi connectivity index (χ4v) is 6.33. The summed E-state index contributed by atoms with van der Waals surface area (Å²) in [7, 11) is 0. The SMILES string of the molecule is Nc1nc(SC(c2ccccc2)c2ccccc2)nc2sc3c(c12)CCCC3. The number of aromatic nitrogens is 2. The van der Waals surface area contributed by atoms with Crippen LogP contribution in [-0.4, -0.2) is 9.97 Å². The van der Waals surface area contributed by atoms with Crippen molar-refractivity contribution in [2.24, 2.45) is 0 Å². The van der Waals surface area contributed by atoms with Crippen LogP contribution in [0.25, 0.3) is 10.2 Å². The van der Waals surface area contributed by atoms with E-state index in [0.29, 0.717) is 5.82 Å². The lowest BCUT2D eigenvalue weighted by Crippen LogP contribution is -2.02. The number of nitrogen functional groups attached to an aromatic ring is 1. The van der Waals surface area contributed by atoms with E-state index in [2.05, 4.69) is 48.5 Å². The standard InChI is InChI=1S/C23H21N3S2/c24-21-19-17-13-7-8-14-18(17)27-22(19)26-23(25-21)28-20(15-9-3-1-4-10-15)16-11-5-2-6-12-16/h1-6,9-12,20H,7-8,13-14H2,(H2,24,25,26). The average Bonchev–Trinajstić information content (AvgIpc) is 3.12. The van der Waals surface area contributed by atoms with Crippen LogP contribution in [0.1, 0.15) is 39.7 Å². The van der Waals surface area contributed by atoms with E-state index in [4.69, 9.17) is 15.7 Å². The lowest BCUT2D eigenvalue weighted by Gasteiger charge is -2.17. The van der Waals surface area contributed by atoms with Gasteiger partial charge in [-0.05, 0) is 42.4 Å². The number of aryl methyl sites for hydroxylation is 2. The third-order valence-electron chi connectivity index (χ3n) is 5.25. The predicted octanol–water partition coefficient (Wildman–Crippen LogP) is 6.03. The summed E-state index contributed by atoms with van der Waals surface area (Å²) in [6.07, 6.45) is 4.75. The Hall–Kier alpha value is -2.37. The van der Waals surface area contributed by atoms with Gasteiger partial charge in [-0.3, -0.25) is 0 Å². The molecule has 0 aliphatic heterocycles. The van der Waals surface area contributed by atoms with Crippen molar-refractivity contribution in [1.82, 2.24) is 9.97 Å². The molecule has 0 fully saturated rings. The Morgan fingerprint density at radius 3 is 2.18 bits per heavy atom. The van der Waals surface area contributed by atoms with E-state index in [1.54, 1.807) is 23.1 Å². The molecule has 0 saturated carbocycles. The molecule has 5 heteroatoms. The van der Waals surface area contributed by atoms with Crippen LogP contribution in [0.2, 0.25) is 0 Å². The number of thiophene rings is 1. The fraction of sp³-hybridized carbons (Fsp3) is 0.217. The van der Waals surface area contributed by atoms with Crippen LogP contribution < -0.4 is 5.73 Å². The molecule has 4 aromatic rings. The maximum atomic E-state index is 6.42. The molecule has 140 valence electrons. The minimum absolute atomic E-state index is 0.133. The lowest BCUT2D eigenvalue weighted by atomic mass is 9.97. The van der Waals surface area contributed by atoms with Gasteiger partial charge in [-0.25, -0.2) is 9.97 Å². The molecule has 2 aromatic heterocycles. The highest BCUT2D eigenvalue weighted by Crippen LogP contribution is 2.42. The van der Waals surface area contributed by atoms with Crippen LogP contribution in [0.5, 0.6) is 0 Å². The highest BCUT2D eigenvalue weighted by Gasteiger charge is 2.22. The smallest absolute Gasteiger partial charge is 0.191 e. The summed E-state index contributed by atoms with van der Waals surface area (Å²) in [5, 5.41) is 1.98. The topological polar surface area (TPSA) is 51.8 Å². The molecule has 2 aromatic carbocycles. The second-order valence-electron chi connectivity index (χ2n) is 7.10. The Kier molecular flexibility index (Phi) is 4.79. The normalized spacial score (nSPS) is 13.8. The lowest BCUT2D eigenvalue weighted by molar-refractivity contribution is 0.700. The van der Waals surface area contributed by atoms with Crippen molar-refractivity contribution in [3.05, 3.63) is 82.2 Å². The van der Waals surface area contributed by atoms with E-state index in [1.807, 2.05) is 12.1 Å². The minimum atomic E-state index is 0.133. The first kappa shape index (κ1) is 17.7. The maximum Gasteiger partial charge on any atom is 0.191 e. The van der Waals surface area contributed by atoms with Gasteiger partial charge in [0.2, 0.25) is 0 Å². The number of rotatable bonds is 4. The Bertz CT molecular complexity index is 1070. The molecule has 2 heterocycles. The molecule has 1 aliphatic rings. The van der Waals surface area contributed by atoms with E-state index in [1.165, 1.54) is 34.4 Å². The van der Waals surface area contributed by atoms with Crippen molar-refractivity contribution in [1.29, 1.82) is 0 Å². The van der Waals surface area contributed by atoms with Gasteiger partial charge in [-0.15, -0.1) is 11.3 Å². The first-order valence-electron chi connectivity index (χ1n) is 9.64. The number of nitrogens with zero attached hydrogens (tertiary/aromatic N) is 2. The summed E-state index contributed by atoms with van der Waals surface area (Å²) >= 11 is 3.48. The molecule has 1 aliphatic carbocycles. The molecule has 0 amide bonds. The second-order valence-corrected chi connectivity index (χ2v) is 9.26. The number of benzene rings is 2. The first-order chi connectivity index (χ1) is 13.8. The summed E-state index contributed by atoms with van der Waals surface area (Å²) in [6.45, 7) is 0. The van der Waals surface area contributed by atoms with Gasteiger partial charge in [0, 0.05) is 4.88 Å². The maximum absolute atomic E-state index is 6.42. The zero-order chi connectivity index (χ0) is 18.9. The van der Waals surface area contributed by atoms with Crippen molar-refractivity contribution in [3.8, 4) is 0 Å². The molecular weight excluding hydrogens is 382 g/mol. The van der Waals surface area contributed by atoms with Crippen LogP contribution in [0.3, 0.4) is 0 Å². The largest absolute Gasteiger partial charge is 0.383 e. The molecule has 5 rings (SSSR count). The number of thioether (sulfide) groups is 1. The molecule has 0 atom stereocenters. The van der Waals surface area contributed by atoms with Gasteiger partial charge >= 0.3 is 0 Å². The number of anilines is 1. The van der Waals surface area contributed by atoms with E-state index >= 15 is 0 Å². The van der Waals surface area contributed by atoms with Crippen LogP contribution in [0, 0.1) is 0 Å². The van der Waals surface area contributed by atoms with E-state index < -0.39 is 0 Å². The van der Waals surface area contributed by atoms with Crippen molar-refractivity contribution < 1.29 is 0 Å². The zero-order valence-corrected chi connectivity index (χ0v) is 17.1. The molecule has 28 heavy (non-hydrogen) atoms. The molecule has 3 nitrogen and oxygen atoms in total. The molecule has 2 N–H and O–H groups in total. The van der Waals surface area contributed by atoms with Crippen LogP contribution in [-0.2, 0) is 12.8 Å². The van der Waals surface area contributed by atoms with Gasteiger partial charge in [0.15, 0.2) is 5.16 Å². The van der Waals surface area contributed by atoms with Gasteiger partial charge in [0.1, 0.15) is 10.6 Å². The van der Waals surface area contributed by atoms with Crippen molar-refractivity contribution >= 4 is 39.1 Å². The highest BCUT2D eigenvalue weighted by atomic mass is 32.2. The summed E-state index contributed by atoms with van der Waals surface area (Å²) < 4.78 is 0. The van der Waals surface area contributed by atoms with Crippen molar-refractivity contribution in [2.45, 2.75) is 36.1 Å². The van der Waals surface area contributed by atoms with Crippen molar-refractivity contribution in [3.63, 3.8) is 0 Å². The first-order valence-corrected chi connectivity index (χ1v) is 11.3. The Balaban J connectivity index is 1.57. The average molecular weight is 404 g/mol. The van der Waals surface area contributed by atoms with E-state index in [9.17, 15) is 0 Å². The monoisotopic (exact) mass is 403 g/mol. The minimum Gasteiger partial charge on any atom is -0.383 e. The second kappa shape index (κ2) is 7.57. The molecular formula is C23H21N3S2. The van der Waals surface area contributed by atoms with Crippen LogP contribution >= 0.6 is 23.1 Å². The molecule has 0 radical (unpaired) electrons. The molecule has 0 spiro atoms. The highest BCUT2D eigenvalue weighted by molar-refractivity contribution is 7.99. The predicted molar refractivity (Wildman–Crippen MR) is 119 cm³/mol. The third-order valence-corrected chi connectivity index (χ3v) is 7.61. The number of hydrogen-bond acceptors (Lipinski definition) is 5. The van der Waals surface area contributed by atoms with Crippen LogP contribution in [0.4, 0.5) is 5.82 Å². The summed E-state index contributed by atoms with van der Waals surface area (Å²) in [6, 6.07) is 21.1. The zero-order valence-electron chi connectivity index (χ0n) is 15.5. The molecule has 0 unspecified atom stereocenters. The van der Waals surface area contributed by atoms with Gasteiger partial charge < -0.3 is 5.73 Å². The quantitative estimate of drug-likeness (QED) is 0.334. The van der Waals surface area contributed by atoms with Crippen molar-refractivity contribution in [2.75, 3.05) is 5.73 Å². The van der Waals surface area contributed by atoms with Gasteiger partial charge in [-0.1, -0.05) is 72.4 Å². The van der Waals surface area contributed by atoms with E-state index in [0.717, 1.165) is 28.2 Å². The fourth-order valence-electron chi connectivity index (χ4n) is 3.91. The summed E-state index contributed by atoms with van der Waals surface area (Å²) in [4.78, 5) is 12.1. The number of hydrogen-bond donors (Lipinski definition) is 1. The van der Waals surface area contributed by atoms with Gasteiger partial charge in [-0.2, -0.15) is 0 Å². The molecule has 0 bridgehead atoms.